The molecular formula is C9H8N2O2. The molecule has 0 saturated carbocycles. The average molecular weight is 176 g/mol. The standard InChI is InChI=1S/C9H8N2O2/c10-4-6-3-7-5-13-2-1-8(7)11-9(6)12/h3,7H,1-2,5H2. The number of fused-ring (bicyclic) bond motifs is 1. The fourth-order valence-electron chi connectivity index (χ4n) is 1.50. The summed E-state index contributed by atoms with van der Waals surface area (Å²) in [7, 11) is 0. The molecule has 2 aliphatic heterocycles. The maximum Gasteiger partial charge on any atom is 0.287 e. The van der Waals surface area contributed by atoms with Crippen LogP contribution in [0.3, 0.4) is 0 Å². The van der Waals surface area contributed by atoms with Gasteiger partial charge in [0.2, 0.25) is 0 Å². The molecule has 1 fully saturated rings. The molecule has 13 heavy (non-hydrogen) atoms. The Morgan fingerprint density at radius 1 is 1.69 bits per heavy atom. The Morgan fingerprint density at radius 2 is 2.54 bits per heavy atom. The molecular weight excluding hydrogens is 168 g/mol. The molecule has 0 spiro atoms. The first kappa shape index (κ1) is 8.14. The van der Waals surface area contributed by atoms with Gasteiger partial charge >= 0.3 is 0 Å². The third-order valence-electron chi connectivity index (χ3n) is 2.19. The van der Waals surface area contributed by atoms with Crippen LogP contribution in [0.15, 0.2) is 16.6 Å². The van der Waals surface area contributed by atoms with Crippen molar-refractivity contribution in [1.82, 2.24) is 0 Å². The highest BCUT2D eigenvalue weighted by atomic mass is 16.5. The SMILES string of the molecule is N#CC1=CC2COCCC2=NC1=O. The molecule has 2 rings (SSSR count). The highest BCUT2D eigenvalue weighted by molar-refractivity contribution is 6.10. The summed E-state index contributed by atoms with van der Waals surface area (Å²) in [4.78, 5) is 15.0. The number of nitrogens with zero attached hydrogens (tertiary/aromatic N) is 2. The van der Waals surface area contributed by atoms with Gasteiger partial charge in [-0.15, -0.1) is 0 Å². The highest BCUT2D eigenvalue weighted by Gasteiger charge is 2.26. The predicted molar refractivity (Wildman–Crippen MR) is 45.1 cm³/mol. The third-order valence-corrected chi connectivity index (χ3v) is 2.19. The number of carbonyl (C=O) groups excluding carboxylic acids is 1. The van der Waals surface area contributed by atoms with Crippen molar-refractivity contribution in [1.29, 1.82) is 5.26 Å². The molecule has 66 valence electrons. The second-order valence-electron chi connectivity index (χ2n) is 3.03. The molecule has 0 bridgehead atoms. The van der Waals surface area contributed by atoms with E-state index in [4.69, 9.17) is 10.00 Å². The minimum Gasteiger partial charge on any atom is -0.380 e. The molecule has 0 aliphatic carbocycles. The fourth-order valence-corrected chi connectivity index (χ4v) is 1.50. The molecule has 0 N–H and O–H groups in total. The summed E-state index contributed by atoms with van der Waals surface area (Å²) in [5.41, 5.74) is 0.995. The van der Waals surface area contributed by atoms with E-state index in [1.807, 2.05) is 6.07 Å². The number of amides is 1. The van der Waals surface area contributed by atoms with Gasteiger partial charge in [0, 0.05) is 18.1 Å². The zero-order valence-corrected chi connectivity index (χ0v) is 6.99. The van der Waals surface area contributed by atoms with Crippen molar-refractivity contribution in [2.75, 3.05) is 13.2 Å². The van der Waals surface area contributed by atoms with E-state index < -0.39 is 5.91 Å². The second kappa shape index (κ2) is 3.11. The highest BCUT2D eigenvalue weighted by Crippen LogP contribution is 2.19. The molecule has 1 amide bonds. The van der Waals surface area contributed by atoms with Crippen LogP contribution in [0, 0.1) is 17.2 Å². The zero-order chi connectivity index (χ0) is 9.26. The molecule has 0 radical (unpaired) electrons. The van der Waals surface area contributed by atoms with E-state index in [1.54, 1.807) is 6.08 Å². The minimum absolute atomic E-state index is 0.0427. The summed E-state index contributed by atoms with van der Waals surface area (Å²) in [5.74, 6) is -0.364. The van der Waals surface area contributed by atoms with Crippen molar-refractivity contribution in [3.63, 3.8) is 0 Å². The van der Waals surface area contributed by atoms with Crippen LogP contribution in [0.5, 0.6) is 0 Å². The van der Waals surface area contributed by atoms with Crippen LogP contribution < -0.4 is 0 Å². The first-order valence-corrected chi connectivity index (χ1v) is 4.12. The smallest absolute Gasteiger partial charge is 0.287 e. The number of dihydropyridines is 1. The molecule has 0 aromatic heterocycles. The Balaban J connectivity index is 2.29. The molecule has 0 aromatic rings. The Kier molecular flexibility index (Phi) is 1.95. The van der Waals surface area contributed by atoms with Gasteiger partial charge in [0.1, 0.15) is 11.6 Å². The largest absolute Gasteiger partial charge is 0.380 e. The van der Waals surface area contributed by atoms with Crippen molar-refractivity contribution in [2.24, 2.45) is 10.9 Å². The molecule has 0 aromatic carbocycles. The van der Waals surface area contributed by atoms with Gasteiger partial charge in [-0.3, -0.25) is 4.79 Å². The number of ether oxygens (including phenoxy) is 1. The Morgan fingerprint density at radius 3 is 3.31 bits per heavy atom. The first-order chi connectivity index (χ1) is 6.31. The van der Waals surface area contributed by atoms with Gasteiger partial charge < -0.3 is 4.74 Å². The summed E-state index contributed by atoms with van der Waals surface area (Å²) >= 11 is 0. The van der Waals surface area contributed by atoms with E-state index >= 15 is 0 Å². The topological polar surface area (TPSA) is 62.4 Å². The van der Waals surface area contributed by atoms with E-state index in [1.165, 1.54) is 0 Å². The second-order valence-corrected chi connectivity index (χ2v) is 3.03. The number of nitriles is 1. The number of carbonyl (C=O) groups is 1. The van der Waals surface area contributed by atoms with Gasteiger partial charge in [0.25, 0.3) is 5.91 Å². The maximum absolute atomic E-state index is 11.2. The Labute approximate surface area is 75.5 Å². The van der Waals surface area contributed by atoms with E-state index in [2.05, 4.69) is 4.99 Å². The van der Waals surface area contributed by atoms with Gasteiger partial charge in [-0.05, 0) is 6.08 Å². The summed E-state index contributed by atoms with van der Waals surface area (Å²) in [5, 5.41) is 8.60. The van der Waals surface area contributed by atoms with Crippen LogP contribution in [-0.2, 0) is 9.53 Å². The summed E-state index contributed by atoms with van der Waals surface area (Å²) in [6.07, 6.45) is 2.36. The average Bonchev–Trinajstić information content (AvgIpc) is 2.17. The third kappa shape index (κ3) is 1.38. The quantitative estimate of drug-likeness (QED) is 0.538. The summed E-state index contributed by atoms with van der Waals surface area (Å²) in [6.45, 7) is 1.16. The maximum atomic E-state index is 11.2. The molecule has 1 saturated heterocycles. The lowest BCUT2D eigenvalue weighted by molar-refractivity contribution is -0.114. The Hall–Kier alpha value is -1.47. The van der Waals surface area contributed by atoms with E-state index in [0.29, 0.717) is 19.6 Å². The van der Waals surface area contributed by atoms with Gasteiger partial charge in [0.05, 0.1) is 13.2 Å². The van der Waals surface area contributed by atoms with Gasteiger partial charge in [0.15, 0.2) is 0 Å². The van der Waals surface area contributed by atoms with Crippen molar-refractivity contribution in [3.05, 3.63) is 11.6 Å². The summed E-state index contributed by atoms with van der Waals surface area (Å²) in [6, 6.07) is 1.84. The number of hydrogen-bond donors (Lipinski definition) is 0. The van der Waals surface area contributed by atoms with Crippen molar-refractivity contribution >= 4 is 11.6 Å². The lowest BCUT2D eigenvalue weighted by atomic mass is 9.94. The number of hydrogen-bond acceptors (Lipinski definition) is 3. The van der Waals surface area contributed by atoms with Crippen LogP contribution in [0.25, 0.3) is 0 Å². The van der Waals surface area contributed by atoms with Crippen LogP contribution in [0.4, 0.5) is 0 Å². The fraction of sp³-hybridized carbons (Fsp3) is 0.444. The van der Waals surface area contributed by atoms with Crippen molar-refractivity contribution < 1.29 is 9.53 Å². The van der Waals surface area contributed by atoms with Crippen LogP contribution in [0.1, 0.15) is 6.42 Å². The van der Waals surface area contributed by atoms with Crippen molar-refractivity contribution in [2.45, 2.75) is 6.42 Å². The molecule has 2 aliphatic rings. The predicted octanol–water partition coefficient (Wildman–Crippen LogP) is 0.454. The monoisotopic (exact) mass is 176 g/mol. The number of rotatable bonds is 0. The molecule has 4 nitrogen and oxygen atoms in total. The van der Waals surface area contributed by atoms with E-state index in [9.17, 15) is 4.79 Å². The minimum atomic E-state index is -0.407. The lowest BCUT2D eigenvalue weighted by Gasteiger charge is -2.23. The van der Waals surface area contributed by atoms with Crippen LogP contribution in [-0.4, -0.2) is 24.8 Å². The van der Waals surface area contributed by atoms with Gasteiger partial charge in [-0.25, -0.2) is 4.99 Å². The summed E-state index contributed by atoms with van der Waals surface area (Å²) < 4.78 is 5.22. The van der Waals surface area contributed by atoms with Gasteiger partial charge in [-0.2, -0.15) is 5.26 Å². The molecule has 2 heterocycles. The number of aliphatic imine (C=N–C) groups is 1. The van der Waals surface area contributed by atoms with Crippen LogP contribution in [0.2, 0.25) is 0 Å². The zero-order valence-electron chi connectivity index (χ0n) is 6.99. The van der Waals surface area contributed by atoms with Gasteiger partial charge in [-0.1, -0.05) is 0 Å². The first-order valence-electron chi connectivity index (χ1n) is 4.12. The molecule has 1 unspecified atom stereocenters. The lowest BCUT2D eigenvalue weighted by Crippen LogP contribution is -2.30. The van der Waals surface area contributed by atoms with Crippen molar-refractivity contribution in [3.8, 4) is 6.07 Å². The molecule has 1 atom stereocenters. The Bertz CT molecular complexity index is 349. The molecule has 4 heteroatoms. The van der Waals surface area contributed by atoms with E-state index in [-0.39, 0.29) is 11.5 Å². The van der Waals surface area contributed by atoms with E-state index in [0.717, 1.165) is 5.71 Å². The normalized spacial score (nSPS) is 27.0. The van der Waals surface area contributed by atoms with Crippen LogP contribution >= 0.6 is 0 Å².